The third kappa shape index (κ3) is 6.64. The van der Waals surface area contributed by atoms with Gasteiger partial charge in [-0.25, -0.2) is 8.42 Å². The summed E-state index contributed by atoms with van der Waals surface area (Å²) in [5.41, 5.74) is 0.491. The lowest BCUT2D eigenvalue weighted by Gasteiger charge is -2.24. The highest BCUT2D eigenvalue weighted by Gasteiger charge is 2.23. The van der Waals surface area contributed by atoms with E-state index in [0.29, 0.717) is 12.2 Å². The number of carbonyl (C=O) groups excluding carboxylic acids is 2. The van der Waals surface area contributed by atoms with Crippen LogP contribution in [0.2, 0.25) is 0 Å². The van der Waals surface area contributed by atoms with E-state index in [0.717, 1.165) is 4.88 Å². The molecule has 3 N–H and O–H groups in total. The fourth-order valence-electron chi connectivity index (χ4n) is 2.64. The van der Waals surface area contributed by atoms with Gasteiger partial charge < -0.3 is 15.5 Å². The molecule has 0 bridgehead atoms. The molecule has 0 aliphatic carbocycles. The number of benzene rings is 1. The van der Waals surface area contributed by atoms with Crippen LogP contribution in [0.3, 0.4) is 0 Å². The van der Waals surface area contributed by atoms with Crippen LogP contribution in [0.1, 0.15) is 24.8 Å². The van der Waals surface area contributed by atoms with Gasteiger partial charge >= 0.3 is 0 Å². The first kappa shape index (κ1) is 23.0. The van der Waals surface area contributed by atoms with E-state index in [1.54, 1.807) is 11.3 Å². The number of amides is 2. The van der Waals surface area contributed by atoms with Crippen LogP contribution in [0.25, 0.3) is 0 Å². The van der Waals surface area contributed by atoms with E-state index in [2.05, 4.69) is 15.4 Å². The van der Waals surface area contributed by atoms with E-state index in [-0.39, 0.29) is 16.8 Å². The summed E-state index contributed by atoms with van der Waals surface area (Å²) in [6.45, 7) is 3.23. The monoisotopic (exact) mass is 438 g/mol. The molecule has 0 aliphatic rings. The number of sulfonamides is 1. The first-order valence-electron chi connectivity index (χ1n) is 8.97. The minimum absolute atomic E-state index is 0.00378. The highest BCUT2D eigenvalue weighted by atomic mass is 32.2. The molecule has 0 saturated carbocycles. The van der Waals surface area contributed by atoms with Crippen LogP contribution >= 0.6 is 11.3 Å². The molecule has 1 aromatic carbocycles. The fraction of sp³-hybridized carbons (Fsp3) is 0.368. The molecular weight excluding hydrogens is 412 g/mol. The van der Waals surface area contributed by atoms with E-state index < -0.39 is 22.0 Å². The Morgan fingerprint density at radius 2 is 1.79 bits per heavy atom. The van der Waals surface area contributed by atoms with Crippen molar-refractivity contribution in [2.24, 2.45) is 0 Å². The Morgan fingerprint density at radius 1 is 1.14 bits per heavy atom. The largest absolute Gasteiger partial charge is 0.353 e. The summed E-state index contributed by atoms with van der Waals surface area (Å²) in [7, 11) is -0.0319. The van der Waals surface area contributed by atoms with Crippen molar-refractivity contribution in [3.05, 3.63) is 46.7 Å². The van der Waals surface area contributed by atoms with Crippen LogP contribution in [-0.4, -0.2) is 51.8 Å². The number of carbonyl (C=O) groups is 2. The average Bonchev–Trinajstić information content (AvgIpc) is 3.15. The van der Waals surface area contributed by atoms with Crippen LogP contribution in [0.5, 0.6) is 0 Å². The lowest BCUT2D eigenvalue weighted by Crippen LogP contribution is -2.46. The first-order chi connectivity index (χ1) is 13.6. The van der Waals surface area contributed by atoms with Gasteiger partial charge in [-0.05, 0) is 56.7 Å². The minimum Gasteiger partial charge on any atom is -0.353 e. The molecule has 29 heavy (non-hydrogen) atoms. The Bertz CT molecular complexity index is 926. The van der Waals surface area contributed by atoms with Gasteiger partial charge in [0.1, 0.15) is 0 Å². The molecule has 2 rings (SSSR count). The first-order valence-corrected chi connectivity index (χ1v) is 11.3. The zero-order chi connectivity index (χ0) is 21.6. The predicted molar refractivity (Wildman–Crippen MR) is 114 cm³/mol. The number of hydrogen-bond acceptors (Lipinski definition) is 6. The molecule has 0 radical (unpaired) electrons. The van der Waals surface area contributed by atoms with Gasteiger partial charge in [-0.3, -0.25) is 9.59 Å². The molecule has 158 valence electrons. The summed E-state index contributed by atoms with van der Waals surface area (Å²) >= 11 is 1.60. The van der Waals surface area contributed by atoms with Crippen LogP contribution in [0.15, 0.2) is 46.7 Å². The smallest absolute Gasteiger partial charge is 0.241 e. The van der Waals surface area contributed by atoms with Crippen molar-refractivity contribution < 1.29 is 18.0 Å². The molecule has 1 aromatic heterocycles. The molecule has 2 amide bonds. The third-order valence-electron chi connectivity index (χ3n) is 4.17. The maximum absolute atomic E-state index is 12.5. The van der Waals surface area contributed by atoms with E-state index in [4.69, 9.17) is 0 Å². The Balaban J connectivity index is 1.97. The fourth-order valence-corrected chi connectivity index (χ4v) is 4.77. The van der Waals surface area contributed by atoms with Gasteiger partial charge in [0.25, 0.3) is 0 Å². The minimum atomic E-state index is -3.88. The molecule has 0 saturated heterocycles. The molecule has 8 nitrogen and oxygen atoms in total. The number of nitrogens with one attached hydrogen (secondary N) is 3. The number of likely N-dealkylation sites (N-methyl/N-ethyl adjacent to an activating group) is 1. The second-order valence-electron chi connectivity index (χ2n) is 6.79. The highest BCUT2D eigenvalue weighted by Crippen LogP contribution is 2.22. The second-order valence-corrected chi connectivity index (χ2v) is 9.48. The van der Waals surface area contributed by atoms with Crippen LogP contribution in [0, 0.1) is 0 Å². The third-order valence-corrected chi connectivity index (χ3v) is 6.70. The van der Waals surface area contributed by atoms with Gasteiger partial charge in [-0.15, -0.1) is 11.3 Å². The molecule has 0 aliphatic heterocycles. The number of hydrogen-bond donors (Lipinski definition) is 3. The number of thiophene rings is 1. The molecule has 10 heteroatoms. The van der Waals surface area contributed by atoms with Gasteiger partial charge in [-0.1, -0.05) is 6.07 Å². The quantitative estimate of drug-likeness (QED) is 0.553. The Hall–Kier alpha value is -2.27. The normalized spacial score (nSPS) is 13.7. The average molecular weight is 439 g/mol. The zero-order valence-electron chi connectivity index (χ0n) is 16.8. The van der Waals surface area contributed by atoms with Gasteiger partial charge in [0.15, 0.2) is 0 Å². The van der Waals surface area contributed by atoms with Crippen molar-refractivity contribution in [1.82, 2.24) is 14.9 Å². The lowest BCUT2D eigenvalue weighted by molar-refractivity contribution is -0.122. The molecule has 2 atom stereocenters. The topological polar surface area (TPSA) is 108 Å². The molecule has 0 fully saturated rings. The summed E-state index contributed by atoms with van der Waals surface area (Å²) in [5.74, 6) is -0.658. The predicted octanol–water partition coefficient (Wildman–Crippen LogP) is 1.79. The summed E-state index contributed by atoms with van der Waals surface area (Å²) in [4.78, 5) is 26.6. The maximum atomic E-state index is 12.5. The Morgan fingerprint density at radius 3 is 2.31 bits per heavy atom. The van der Waals surface area contributed by atoms with Crippen molar-refractivity contribution in [2.75, 3.05) is 26.0 Å². The van der Waals surface area contributed by atoms with Gasteiger partial charge in [-0.2, -0.15) is 4.72 Å². The SMILES string of the molecule is CC(=O)Nc1ccc(S(=O)(=O)N[C@@H](C)C(=O)NCC(c2cccs2)N(C)C)cc1. The van der Waals surface area contributed by atoms with Crippen molar-refractivity contribution in [1.29, 1.82) is 0 Å². The van der Waals surface area contributed by atoms with E-state index >= 15 is 0 Å². The molecule has 1 heterocycles. The zero-order valence-corrected chi connectivity index (χ0v) is 18.4. The number of rotatable bonds is 9. The summed E-state index contributed by atoms with van der Waals surface area (Å²) in [6.07, 6.45) is 0. The Labute approximate surface area is 175 Å². The van der Waals surface area contributed by atoms with E-state index in [1.165, 1.54) is 38.1 Å². The molecule has 2 aromatic rings. The van der Waals surface area contributed by atoms with Crippen molar-refractivity contribution in [3.8, 4) is 0 Å². The van der Waals surface area contributed by atoms with Crippen molar-refractivity contribution in [3.63, 3.8) is 0 Å². The van der Waals surface area contributed by atoms with Gasteiger partial charge in [0.2, 0.25) is 21.8 Å². The highest BCUT2D eigenvalue weighted by molar-refractivity contribution is 7.89. The van der Waals surface area contributed by atoms with E-state index in [1.807, 2.05) is 36.5 Å². The second kappa shape index (κ2) is 9.97. The van der Waals surface area contributed by atoms with Crippen LogP contribution in [0.4, 0.5) is 5.69 Å². The summed E-state index contributed by atoms with van der Waals surface area (Å²) < 4.78 is 27.4. The Kier molecular flexibility index (Phi) is 7.91. The maximum Gasteiger partial charge on any atom is 0.241 e. The van der Waals surface area contributed by atoms with Crippen LogP contribution < -0.4 is 15.4 Å². The number of nitrogens with zero attached hydrogens (tertiary/aromatic N) is 1. The standard InChI is InChI=1S/C19H26N4O4S2/c1-13(19(25)20-12-17(23(3)4)18-6-5-11-28-18)22-29(26,27)16-9-7-15(8-10-16)21-14(2)24/h5-11,13,17,22H,12H2,1-4H3,(H,20,25)(H,21,24)/t13-,17?/m0/s1. The van der Waals surface area contributed by atoms with Gasteiger partial charge in [0.05, 0.1) is 17.0 Å². The number of anilines is 1. The lowest BCUT2D eigenvalue weighted by atomic mass is 10.2. The van der Waals surface area contributed by atoms with E-state index in [9.17, 15) is 18.0 Å². The summed E-state index contributed by atoms with van der Waals surface area (Å²) in [5, 5.41) is 7.35. The molecular formula is C19H26N4O4S2. The summed E-state index contributed by atoms with van der Waals surface area (Å²) in [6, 6.07) is 8.73. The van der Waals surface area contributed by atoms with Gasteiger partial charge in [0, 0.05) is 24.0 Å². The molecule has 0 spiro atoms. The van der Waals surface area contributed by atoms with Crippen molar-refractivity contribution in [2.45, 2.75) is 30.8 Å². The van der Waals surface area contributed by atoms with Crippen LogP contribution in [-0.2, 0) is 19.6 Å². The van der Waals surface area contributed by atoms with Crippen molar-refractivity contribution >= 4 is 38.9 Å². The molecule has 1 unspecified atom stereocenters.